The van der Waals surface area contributed by atoms with Crippen LogP contribution >= 0.6 is 0 Å². The minimum absolute atomic E-state index is 0.00164. The Morgan fingerprint density at radius 1 is 0.880 bits per heavy atom. The van der Waals surface area contributed by atoms with E-state index in [2.05, 4.69) is 110 Å². The van der Waals surface area contributed by atoms with E-state index < -0.39 is 0 Å². The van der Waals surface area contributed by atoms with E-state index in [9.17, 15) is 0 Å². The average Bonchev–Trinajstić information content (AvgIpc) is 2.92. The lowest BCUT2D eigenvalue weighted by Crippen LogP contribution is -2.70. The van der Waals surface area contributed by atoms with Crippen molar-refractivity contribution in [2.75, 3.05) is 0 Å². The van der Waals surface area contributed by atoms with Gasteiger partial charge in [0.15, 0.2) is 0 Å². The summed E-state index contributed by atoms with van der Waals surface area (Å²) in [7, 11) is 0. The van der Waals surface area contributed by atoms with Crippen LogP contribution in [0.2, 0.25) is 0 Å². The van der Waals surface area contributed by atoms with Crippen LogP contribution in [0.4, 0.5) is 0 Å². The molecule has 0 radical (unpaired) electrons. The third-order valence-corrected chi connectivity index (χ3v) is 7.86. The van der Waals surface area contributed by atoms with Gasteiger partial charge in [0.25, 0.3) is 0 Å². The molecule has 0 spiro atoms. The average molecular weight is 348 g/mol. The molecular formula is C22H41N3. The van der Waals surface area contributed by atoms with Gasteiger partial charge in [0.2, 0.25) is 0 Å². The van der Waals surface area contributed by atoms with Crippen LogP contribution in [0, 0.1) is 11.3 Å². The number of rotatable bonds is 2. The molecule has 1 unspecified atom stereocenters. The molecule has 1 aromatic rings. The SMILES string of the molecule is CC(C)C1N(C(C)C)C(C)(C)C(C)(C)c2cncn2C(C)(C)C1(C)C. The van der Waals surface area contributed by atoms with Crippen LogP contribution in [-0.4, -0.2) is 32.1 Å². The smallest absolute Gasteiger partial charge is 0.0953 e. The van der Waals surface area contributed by atoms with Gasteiger partial charge in [-0.05, 0) is 47.5 Å². The van der Waals surface area contributed by atoms with Crippen molar-refractivity contribution in [1.29, 1.82) is 0 Å². The number of imidazole rings is 1. The maximum absolute atomic E-state index is 4.59. The first-order valence-electron chi connectivity index (χ1n) is 9.93. The topological polar surface area (TPSA) is 21.1 Å². The standard InChI is InChI=1S/C22H41N3/c1-15(2)18-20(7,8)21(9,10)24-14-23-13-17(24)19(5,6)22(11,12)25(18)16(3)4/h13-16,18H,1-12H3. The van der Waals surface area contributed by atoms with Crippen LogP contribution in [0.3, 0.4) is 0 Å². The summed E-state index contributed by atoms with van der Waals surface area (Å²) in [4.78, 5) is 7.40. The molecule has 0 N–H and O–H groups in total. The maximum atomic E-state index is 4.59. The molecule has 2 rings (SSSR count). The monoisotopic (exact) mass is 347 g/mol. The minimum atomic E-state index is -0.0331. The first-order valence-corrected chi connectivity index (χ1v) is 9.93. The summed E-state index contributed by atoms with van der Waals surface area (Å²) in [5.74, 6) is 0.567. The van der Waals surface area contributed by atoms with E-state index in [-0.39, 0.29) is 21.9 Å². The van der Waals surface area contributed by atoms with Gasteiger partial charge in [-0.2, -0.15) is 0 Å². The van der Waals surface area contributed by atoms with E-state index in [0.29, 0.717) is 18.0 Å². The molecule has 3 nitrogen and oxygen atoms in total. The molecule has 1 aliphatic rings. The predicted octanol–water partition coefficient (Wildman–Crippen LogP) is 5.45. The summed E-state index contributed by atoms with van der Waals surface area (Å²) >= 11 is 0. The Morgan fingerprint density at radius 2 is 1.40 bits per heavy atom. The number of fused-ring (bicyclic) bond motifs is 1. The predicted molar refractivity (Wildman–Crippen MR) is 108 cm³/mol. The number of aromatic nitrogens is 2. The van der Waals surface area contributed by atoms with Gasteiger partial charge in [-0.15, -0.1) is 0 Å². The summed E-state index contributed by atoms with van der Waals surface area (Å²) in [5, 5.41) is 0. The van der Waals surface area contributed by atoms with E-state index in [0.717, 1.165) is 0 Å². The second kappa shape index (κ2) is 5.84. The Balaban J connectivity index is 2.93. The molecule has 2 heterocycles. The lowest BCUT2D eigenvalue weighted by Gasteiger charge is -2.64. The van der Waals surface area contributed by atoms with E-state index in [4.69, 9.17) is 0 Å². The van der Waals surface area contributed by atoms with Gasteiger partial charge in [-0.25, -0.2) is 4.98 Å². The van der Waals surface area contributed by atoms with E-state index in [1.54, 1.807) is 0 Å². The van der Waals surface area contributed by atoms with E-state index in [1.165, 1.54) is 5.69 Å². The zero-order chi connectivity index (χ0) is 19.6. The van der Waals surface area contributed by atoms with Crippen molar-refractivity contribution >= 4 is 0 Å². The highest BCUT2D eigenvalue weighted by atomic mass is 15.3. The van der Waals surface area contributed by atoms with Gasteiger partial charge in [-0.1, -0.05) is 41.5 Å². The van der Waals surface area contributed by atoms with Crippen LogP contribution in [0.5, 0.6) is 0 Å². The van der Waals surface area contributed by atoms with Crippen LogP contribution in [0.1, 0.15) is 88.8 Å². The van der Waals surface area contributed by atoms with Crippen molar-refractivity contribution in [3.63, 3.8) is 0 Å². The normalized spacial score (nSPS) is 27.8. The molecule has 3 heteroatoms. The molecule has 25 heavy (non-hydrogen) atoms. The van der Waals surface area contributed by atoms with Gasteiger partial charge in [-0.3, -0.25) is 4.90 Å². The van der Waals surface area contributed by atoms with E-state index in [1.807, 2.05) is 0 Å². The lowest BCUT2D eigenvalue weighted by molar-refractivity contribution is -0.116. The largest absolute Gasteiger partial charge is 0.328 e. The van der Waals surface area contributed by atoms with E-state index >= 15 is 0 Å². The Labute approximate surface area is 156 Å². The Hall–Kier alpha value is -0.830. The van der Waals surface area contributed by atoms with Gasteiger partial charge in [0.05, 0.1) is 6.33 Å². The summed E-state index contributed by atoms with van der Waals surface area (Å²) in [5.41, 5.74) is 1.36. The van der Waals surface area contributed by atoms with Crippen LogP contribution in [0.25, 0.3) is 0 Å². The second-order valence-electron chi connectivity index (χ2n) is 10.8. The summed E-state index contributed by atoms with van der Waals surface area (Å²) < 4.78 is 2.46. The summed E-state index contributed by atoms with van der Waals surface area (Å²) in [6.45, 7) is 28.8. The Bertz CT molecular complexity index is 564. The van der Waals surface area contributed by atoms with Crippen molar-refractivity contribution < 1.29 is 0 Å². The van der Waals surface area contributed by atoms with Crippen LogP contribution < -0.4 is 0 Å². The molecule has 0 amide bonds. The molecule has 0 saturated carbocycles. The lowest BCUT2D eigenvalue weighted by atomic mass is 9.60. The highest BCUT2D eigenvalue weighted by Gasteiger charge is 2.58. The maximum Gasteiger partial charge on any atom is 0.0953 e. The summed E-state index contributed by atoms with van der Waals surface area (Å²) in [6, 6.07) is 0.943. The van der Waals surface area contributed by atoms with Gasteiger partial charge in [0.1, 0.15) is 0 Å². The summed E-state index contributed by atoms with van der Waals surface area (Å²) in [6.07, 6.45) is 4.14. The molecule has 1 aliphatic heterocycles. The first-order chi connectivity index (χ1) is 11.1. The van der Waals surface area contributed by atoms with Crippen molar-refractivity contribution in [2.24, 2.45) is 11.3 Å². The molecule has 0 aromatic carbocycles. The molecule has 0 saturated heterocycles. The first kappa shape index (κ1) is 20.5. The zero-order valence-electron chi connectivity index (χ0n) is 18.7. The minimum Gasteiger partial charge on any atom is -0.328 e. The molecule has 1 aromatic heterocycles. The van der Waals surface area contributed by atoms with Gasteiger partial charge < -0.3 is 4.57 Å². The highest BCUT2D eigenvalue weighted by Crippen LogP contribution is 2.53. The molecule has 0 aliphatic carbocycles. The fourth-order valence-electron chi connectivity index (χ4n) is 5.33. The quantitative estimate of drug-likeness (QED) is 0.709. The third-order valence-electron chi connectivity index (χ3n) is 7.86. The fourth-order valence-corrected chi connectivity index (χ4v) is 5.33. The number of hydrogen-bond acceptors (Lipinski definition) is 2. The van der Waals surface area contributed by atoms with Crippen molar-refractivity contribution in [1.82, 2.24) is 14.5 Å². The van der Waals surface area contributed by atoms with Gasteiger partial charge in [0, 0.05) is 45.9 Å². The highest BCUT2D eigenvalue weighted by molar-refractivity contribution is 5.26. The van der Waals surface area contributed by atoms with Crippen molar-refractivity contribution in [2.45, 2.75) is 112 Å². The number of hydrogen-bond donors (Lipinski definition) is 0. The molecule has 144 valence electrons. The van der Waals surface area contributed by atoms with Gasteiger partial charge >= 0.3 is 0 Å². The molecule has 1 atom stereocenters. The van der Waals surface area contributed by atoms with Crippen molar-refractivity contribution in [3.05, 3.63) is 18.2 Å². The molecule has 0 fully saturated rings. The molecule has 0 bridgehead atoms. The van der Waals surface area contributed by atoms with Crippen LogP contribution in [0.15, 0.2) is 12.5 Å². The molecular weight excluding hydrogens is 306 g/mol. The Kier molecular flexibility index (Phi) is 4.78. The number of nitrogens with zero attached hydrogens (tertiary/aromatic N) is 3. The third kappa shape index (κ3) is 2.60. The van der Waals surface area contributed by atoms with Crippen LogP contribution in [-0.2, 0) is 11.0 Å². The second-order valence-corrected chi connectivity index (χ2v) is 10.8. The zero-order valence-corrected chi connectivity index (χ0v) is 18.7. The Morgan fingerprint density at radius 3 is 1.84 bits per heavy atom. The fraction of sp³-hybridized carbons (Fsp3) is 0.864. The van der Waals surface area contributed by atoms with Crippen molar-refractivity contribution in [3.8, 4) is 0 Å².